The van der Waals surface area contributed by atoms with Crippen LogP contribution < -0.4 is 9.47 Å². The minimum Gasteiger partial charge on any atom is -0.507 e. The van der Waals surface area contributed by atoms with Crippen LogP contribution in [-0.4, -0.2) is 79.2 Å². The largest absolute Gasteiger partial charge is 0.507 e. The number of nitrogens with zero attached hydrogens (tertiary/aromatic N) is 2. The Hall–Kier alpha value is -3.43. The molecule has 2 fully saturated rings. The molecule has 2 aromatic carbocycles. The van der Waals surface area contributed by atoms with Gasteiger partial charge in [-0.25, -0.2) is 4.39 Å². The van der Waals surface area contributed by atoms with Gasteiger partial charge in [-0.2, -0.15) is 0 Å². The van der Waals surface area contributed by atoms with Crippen LogP contribution in [0, 0.1) is 5.82 Å². The van der Waals surface area contributed by atoms with E-state index in [1.54, 1.807) is 30.3 Å². The van der Waals surface area contributed by atoms with Crippen molar-refractivity contribution in [2.45, 2.75) is 6.04 Å². The Labute approximate surface area is 196 Å². The number of carbonyl (C=O) groups excluding carboxylic acids is 2. The second kappa shape index (κ2) is 9.44. The van der Waals surface area contributed by atoms with Gasteiger partial charge in [0, 0.05) is 37.3 Å². The van der Waals surface area contributed by atoms with Crippen LogP contribution >= 0.6 is 0 Å². The number of rotatable bonds is 5. The van der Waals surface area contributed by atoms with Gasteiger partial charge < -0.3 is 24.2 Å². The normalized spacial score (nSPS) is 22.3. The third-order valence-corrected chi connectivity index (χ3v) is 6.32. The molecule has 3 aliphatic heterocycles. The van der Waals surface area contributed by atoms with E-state index < -0.39 is 23.5 Å². The summed E-state index contributed by atoms with van der Waals surface area (Å²) in [6, 6.07) is 9.73. The second-order valence-electron chi connectivity index (χ2n) is 8.33. The van der Waals surface area contributed by atoms with Crippen molar-refractivity contribution in [2.75, 3.05) is 52.6 Å². The highest BCUT2D eigenvalue weighted by molar-refractivity contribution is 6.46. The van der Waals surface area contributed by atoms with Crippen LogP contribution in [0.15, 0.2) is 48.0 Å². The zero-order valence-corrected chi connectivity index (χ0v) is 18.5. The van der Waals surface area contributed by atoms with Gasteiger partial charge in [0.1, 0.15) is 24.8 Å². The van der Waals surface area contributed by atoms with Crippen molar-refractivity contribution < 1.29 is 33.3 Å². The number of benzene rings is 2. The molecule has 178 valence electrons. The Morgan fingerprint density at radius 2 is 1.71 bits per heavy atom. The summed E-state index contributed by atoms with van der Waals surface area (Å²) in [7, 11) is 0. The van der Waals surface area contributed by atoms with E-state index in [1.807, 2.05) is 0 Å². The second-order valence-corrected chi connectivity index (χ2v) is 8.33. The zero-order chi connectivity index (χ0) is 23.7. The fourth-order valence-electron chi connectivity index (χ4n) is 4.55. The third kappa shape index (κ3) is 4.12. The van der Waals surface area contributed by atoms with Crippen molar-refractivity contribution in [3.05, 3.63) is 65.0 Å². The third-order valence-electron chi connectivity index (χ3n) is 6.32. The van der Waals surface area contributed by atoms with E-state index >= 15 is 0 Å². The molecule has 0 bridgehead atoms. The first-order chi connectivity index (χ1) is 16.5. The van der Waals surface area contributed by atoms with Gasteiger partial charge >= 0.3 is 0 Å². The summed E-state index contributed by atoms with van der Waals surface area (Å²) >= 11 is 0. The Morgan fingerprint density at radius 3 is 2.47 bits per heavy atom. The number of ether oxygens (including phenoxy) is 3. The Morgan fingerprint density at radius 1 is 0.971 bits per heavy atom. The molecular formula is C25H25FN2O6. The highest BCUT2D eigenvalue weighted by Crippen LogP contribution is 2.41. The molecule has 0 aromatic heterocycles. The molecule has 9 heteroatoms. The number of carbonyl (C=O) groups is 2. The maximum Gasteiger partial charge on any atom is 0.295 e. The van der Waals surface area contributed by atoms with Gasteiger partial charge in [0.25, 0.3) is 11.7 Å². The van der Waals surface area contributed by atoms with Crippen molar-refractivity contribution in [3.8, 4) is 11.5 Å². The first-order valence-corrected chi connectivity index (χ1v) is 11.3. The predicted octanol–water partition coefficient (Wildman–Crippen LogP) is 2.35. The molecule has 8 nitrogen and oxygen atoms in total. The quantitative estimate of drug-likeness (QED) is 0.409. The molecule has 2 saturated heterocycles. The van der Waals surface area contributed by atoms with Crippen molar-refractivity contribution in [3.63, 3.8) is 0 Å². The van der Waals surface area contributed by atoms with Crippen molar-refractivity contribution in [1.29, 1.82) is 0 Å². The van der Waals surface area contributed by atoms with Gasteiger partial charge in [-0.05, 0) is 24.3 Å². The predicted molar refractivity (Wildman–Crippen MR) is 120 cm³/mol. The average Bonchev–Trinajstić information content (AvgIpc) is 3.12. The number of likely N-dealkylation sites (tertiary alicyclic amines) is 1. The van der Waals surface area contributed by atoms with E-state index in [0.29, 0.717) is 57.6 Å². The Balaban J connectivity index is 1.55. The molecule has 0 aliphatic carbocycles. The Kier molecular flexibility index (Phi) is 6.21. The van der Waals surface area contributed by atoms with Crippen molar-refractivity contribution in [1.82, 2.24) is 9.80 Å². The summed E-state index contributed by atoms with van der Waals surface area (Å²) in [6.07, 6.45) is 0. The summed E-state index contributed by atoms with van der Waals surface area (Å²) in [4.78, 5) is 29.7. The van der Waals surface area contributed by atoms with Crippen LogP contribution in [0.25, 0.3) is 5.76 Å². The van der Waals surface area contributed by atoms with Crippen LogP contribution in [0.1, 0.15) is 17.2 Å². The number of halogens is 1. The molecule has 34 heavy (non-hydrogen) atoms. The van der Waals surface area contributed by atoms with E-state index in [4.69, 9.17) is 14.2 Å². The molecule has 5 rings (SSSR count). The van der Waals surface area contributed by atoms with Crippen molar-refractivity contribution >= 4 is 17.4 Å². The van der Waals surface area contributed by atoms with Crippen LogP contribution in [0.3, 0.4) is 0 Å². The minimum absolute atomic E-state index is 0.145. The number of morpholine rings is 1. The van der Waals surface area contributed by atoms with E-state index in [-0.39, 0.29) is 29.0 Å². The monoisotopic (exact) mass is 468 g/mol. The summed E-state index contributed by atoms with van der Waals surface area (Å²) in [5, 5.41) is 11.2. The Bertz CT molecular complexity index is 1140. The van der Waals surface area contributed by atoms with Crippen LogP contribution in [0.4, 0.5) is 4.39 Å². The number of amides is 1. The van der Waals surface area contributed by atoms with Gasteiger partial charge in [0.05, 0.1) is 24.8 Å². The van der Waals surface area contributed by atoms with Crippen molar-refractivity contribution in [2.24, 2.45) is 0 Å². The van der Waals surface area contributed by atoms with E-state index in [9.17, 15) is 19.1 Å². The molecule has 3 heterocycles. The zero-order valence-electron chi connectivity index (χ0n) is 18.5. The fraction of sp³-hybridized carbons (Fsp3) is 0.360. The molecule has 0 unspecified atom stereocenters. The highest BCUT2D eigenvalue weighted by atomic mass is 19.1. The summed E-state index contributed by atoms with van der Waals surface area (Å²) in [5.41, 5.74) is 0.299. The number of ketones is 1. The number of aliphatic hydroxyl groups excluding tert-OH is 1. The molecule has 1 N–H and O–H groups in total. The lowest BCUT2D eigenvalue weighted by Gasteiger charge is -2.31. The maximum absolute atomic E-state index is 14.9. The molecule has 0 radical (unpaired) electrons. The molecule has 2 aromatic rings. The SMILES string of the molecule is O=C1C(=O)N(CCN2CCOCC2)[C@@H](c2ccccc2F)/C1=C(\O)c1ccc2c(c1)OCCO2. The van der Waals surface area contributed by atoms with E-state index in [1.165, 1.54) is 17.0 Å². The maximum atomic E-state index is 14.9. The molecule has 1 amide bonds. The number of hydrogen-bond acceptors (Lipinski definition) is 7. The number of Topliss-reactive ketones (excluding diaryl/α,β-unsaturated/α-hetero) is 1. The molecule has 0 spiro atoms. The van der Waals surface area contributed by atoms with Gasteiger partial charge in [-0.1, -0.05) is 18.2 Å². The van der Waals surface area contributed by atoms with Crippen LogP contribution in [0.5, 0.6) is 11.5 Å². The minimum atomic E-state index is -1.05. The smallest absolute Gasteiger partial charge is 0.295 e. The molecule has 1 atom stereocenters. The number of fused-ring (bicyclic) bond motifs is 1. The first kappa shape index (κ1) is 22.4. The first-order valence-electron chi connectivity index (χ1n) is 11.3. The summed E-state index contributed by atoms with van der Waals surface area (Å²) in [6.45, 7) is 4.11. The lowest BCUT2D eigenvalue weighted by atomic mass is 9.94. The standard InChI is InChI=1S/C25H25FN2O6/c26-18-4-2-1-3-17(18)22-21(23(29)16-5-6-19-20(15-16)34-14-13-33-19)24(30)25(31)28(22)8-7-27-9-11-32-12-10-27/h1-6,15,22,29H,7-14H2/b23-21+/t22-/m0/s1. The average molecular weight is 468 g/mol. The molecule has 0 saturated carbocycles. The number of aliphatic hydroxyl groups is 1. The van der Waals surface area contributed by atoms with Crippen LogP contribution in [0.2, 0.25) is 0 Å². The molecule has 3 aliphatic rings. The lowest BCUT2D eigenvalue weighted by Crippen LogP contribution is -2.42. The topological polar surface area (TPSA) is 88.5 Å². The van der Waals surface area contributed by atoms with Gasteiger partial charge in [0.15, 0.2) is 11.5 Å². The highest BCUT2D eigenvalue weighted by Gasteiger charge is 2.47. The van der Waals surface area contributed by atoms with E-state index in [2.05, 4.69) is 4.90 Å². The number of hydrogen-bond donors (Lipinski definition) is 1. The van der Waals surface area contributed by atoms with Gasteiger partial charge in [-0.15, -0.1) is 0 Å². The fourth-order valence-corrected chi connectivity index (χ4v) is 4.55. The summed E-state index contributed by atoms with van der Waals surface area (Å²) in [5.74, 6) is -1.58. The van der Waals surface area contributed by atoms with Gasteiger partial charge in [0.2, 0.25) is 0 Å². The lowest BCUT2D eigenvalue weighted by molar-refractivity contribution is -0.140. The van der Waals surface area contributed by atoms with Crippen LogP contribution in [-0.2, 0) is 14.3 Å². The molecular weight excluding hydrogens is 443 g/mol. The van der Waals surface area contributed by atoms with Gasteiger partial charge in [-0.3, -0.25) is 14.5 Å². The van der Waals surface area contributed by atoms with E-state index in [0.717, 1.165) is 0 Å². The summed E-state index contributed by atoms with van der Waals surface area (Å²) < 4.78 is 31.4.